The third-order valence-electron chi connectivity index (χ3n) is 2.10. The van der Waals surface area contributed by atoms with Gasteiger partial charge < -0.3 is 4.42 Å². The molecule has 0 aliphatic rings. The topological polar surface area (TPSA) is 68.0 Å². The summed E-state index contributed by atoms with van der Waals surface area (Å²) in [4.78, 5) is 11.6. The number of nitrogens with zero attached hydrogens (tertiary/aromatic N) is 2. The van der Waals surface area contributed by atoms with E-state index in [0.717, 1.165) is 17.8 Å². The zero-order valence-electron chi connectivity index (χ0n) is 9.92. The van der Waals surface area contributed by atoms with E-state index in [1.807, 2.05) is 0 Å². The van der Waals surface area contributed by atoms with E-state index < -0.39 is 0 Å². The summed E-state index contributed by atoms with van der Waals surface area (Å²) in [6.45, 7) is 2.08. The molecule has 0 atom stereocenters. The van der Waals surface area contributed by atoms with E-state index in [1.54, 1.807) is 24.5 Å². The number of hydrogen-bond acceptors (Lipinski definition) is 5. The van der Waals surface area contributed by atoms with Crippen LogP contribution in [0.25, 0.3) is 6.08 Å². The molecule has 1 amide bonds. The first kappa shape index (κ1) is 12.5. The molecular weight excluding hydrogens is 250 g/mol. The minimum absolute atomic E-state index is 0.245. The summed E-state index contributed by atoms with van der Waals surface area (Å²) in [6.07, 6.45) is 6.46. The fourth-order valence-electron chi connectivity index (χ4n) is 1.31. The lowest BCUT2D eigenvalue weighted by Crippen LogP contribution is -2.07. The van der Waals surface area contributed by atoms with Crippen molar-refractivity contribution in [3.63, 3.8) is 0 Å². The van der Waals surface area contributed by atoms with Crippen molar-refractivity contribution in [3.8, 4) is 0 Å². The Hall–Kier alpha value is -1.95. The minimum atomic E-state index is -0.245. The molecule has 6 heteroatoms. The summed E-state index contributed by atoms with van der Waals surface area (Å²) in [5.74, 6) is 0.389. The van der Waals surface area contributed by atoms with E-state index in [1.165, 1.54) is 17.4 Å². The largest absolute Gasteiger partial charge is 0.465 e. The second-order valence-electron chi connectivity index (χ2n) is 3.59. The van der Waals surface area contributed by atoms with Crippen molar-refractivity contribution in [2.45, 2.75) is 19.8 Å². The van der Waals surface area contributed by atoms with Gasteiger partial charge in [-0.2, -0.15) is 0 Å². The van der Waals surface area contributed by atoms with Crippen molar-refractivity contribution in [2.75, 3.05) is 5.32 Å². The van der Waals surface area contributed by atoms with Crippen LogP contribution in [0.15, 0.2) is 28.9 Å². The van der Waals surface area contributed by atoms with E-state index >= 15 is 0 Å². The Balaban J connectivity index is 1.90. The Labute approximate surface area is 109 Å². The van der Waals surface area contributed by atoms with E-state index in [4.69, 9.17) is 4.42 Å². The predicted octanol–water partition coefficient (Wildman–Crippen LogP) is 2.74. The van der Waals surface area contributed by atoms with Gasteiger partial charge in [0, 0.05) is 12.5 Å². The molecule has 0 aromatic carbocycles. The molecule has 2 rings (SSSR count). The van der Waals surface area contributed by atoms with Crippen LogP contribution >= 0.6 is 11.3 Å². The van der Waals surface area contributed by atoms with Gasteiger partial charge >= 0.3 is 0 Å². The number of aromatic nitrogens is 2. The number of anilines is 1. The Morgan fingerprint density at radius 2 is 2.44 bits per heavy atom. The smallest absolute Gasteiger partial charge is 0.250 e. The lowest BCUT2D eigenvalue weighted by molar-refractivity contribution is -0.111. The molecular formula is C12H13N3O2S. The lowest BCUT2D eigenvalue weighted by atomic mass is 10.4. The zero-order chi connectivity index (χ0) is 12.8. The van der Waals surface area contributed by atoms with Crippen LogP contribution in [0, 0.1) is 0 Å². The molecule has 0 spiro atoms. The van der Waals surface area contributed by atoms with Crippen LogP contribution < -0.4 is 5.32 Å². The number of nitrogens with one attached hydrogen (secondary N) is 1. The van der Waals surface area contributed by atoms with E-state index in [-0.39, 0.29) is 5.91 Å². The van der Waals surface area contributed by atoms with Gasteiger partial charge in [0.2, 0.25) is 11.0 Å². The third-order valence-corrected chi connectivity index (χ3v) is 3.00. The maximum Gasteiger partial charge on any atom is 0.250 e. The third kappa shape index (κ3) is 3.53. The van der Waals surface area contributed by atoms with Crippen LogP contribution in [0.3, 0.4) is 0 Å². The van der Waals surface area contributed by atoms with Crippen LogP contribution in [0.5, 0.6) is 0 Å². The van der Waals surface area contributed by atoms with Gasteiger partial charge in [-0.3, -0.25) is 10.1 Å². The van der Waals surface area contributed by atoms with Gasteiger partial charge in [0.05, 0.1) is 6.26 Å². The van der Waals surface area contributed by atoms with E-state index in [0.29, 0.717) is 10.9 Å². The Morgan fingerprint density at radius 1 is 1.56 bits per heavy atom. The maximum absolute atomic E-state index is 11.6. The van der Waals surface area contributed by atoms with Crippen molar-refractivity contribution in [1.82, 2.24) is 10.2 Å². The molecule has 0 saturated carbocycles. The van der Waals surface area contributed by atoms with Crippen molar-refractivity contribution in [2.24, 2.45) is 0 Å². The van der Waals surface area contributed by atoms with Crippen LogP contribution in [0.1, 0.15) is 24.1 Å². The lowest BCUT2D eigenvalue weighted by Gasteiger charge is -1.93. The average molecular weight is 263 g/mol. The van der Waals surface area contributed by atoms with Crippen molar-refractivity contribution in [3.05, 3.63) is 35.2 Å². The normalized spacial score (nSPS) is 10.9. The van der Waals surface area contributed by atoms with Gasteiger partial charge in [-0.25, -0.2) is 0 Å². The molecule has 0 bridgehead atoms. The number of carbonyl (C=O) groups is 1. The first-order valence-electron chi connectivity index (χ1n) is 5.63. The fourth-order valence-corrected chi connectivity index (χ4v) is 2.15. The van der Waals surface area contributed by atoms with Crippen LogP contribution in [-0.4, -0.2) is 16.1 Å². The first-order chi connectivity index (χ1) is 8.78. The fraction of sp³-hybridized carbons (Fsp3) is 0.250. The Bertz CT molecular complexity index is 531. The number of furan rings is 1. The zero-order valence-corrected chi connectivity index (χ0v) is 10.7. The predicted molar refractivity (Wildman–Crippen MR) is 70.3 cm³/mol. The highest BCUT2D eigenvalue weighted by Crippen LogP contribution is 2.16. The molecule has 0 aliphatic carbocycles. The van der Waals surface area contributed by atoms with Crippen LogP contribution in [0.2, 0.25) is 0 Å². The molecule has 0 radical (unpaired) electrons. The number of carbonyl (C=O) groups excluding carboxylic acids is 1. The molecule has 94 valence electrons. The second-order valence-corrected chi connectivity index (χ2v) is 4.65. The summed E-state index contributed by atoms with van der Waals surface area (Å²) in [5.41, 5.74) is 0. The summed E-state index contributed by atoms with van der Waals surface area (Å²) < 4.78 is 5.08. The monoisotopic (exact) mass is 263 g/mol. The number of aryl methyl sites for hydroxylation is 1. The van der Waals surface area contributed by atoms with Crippen molar-refractivity contribution >= 4 is 28.5 Å². The maximum atomic E-state index is 11.6. The number of amides is 1. The van der Waals surface area contributed by atoms with Crippen molar-refractivity contribution < 1.29 is 9.21 Å². The van der Waals surface area contributed by atoms with Crippen LogP contribution in [-0.2, 0) is 11.2 Å². The highest BCUT2D eigenvalue weighted by molar-refractivity contribution is 7.15. The number of rotatable bonds is 5. The first-order valence-corrected chi connectivity index (χ1v) is 6.44. The molecule has 0 fully saturated rings. The highest BCUT2D eigenvalue weighted by atomic mass is 32.1. The minimum Gasteiger partial charge on any atom is -0.465 e. The Kier molecular flexibility index (Phi) is 4.25. The van der Waals surface area contributed by atoms with Gasteiger partial charge in [-0.05, 0) is 24.6 Å². The second kappa shape index (κ2) is 6.11. The van der Waals surface area contributed by atoms with E-state index in [2.05, 4.69) is 22.4 Å². The van der Waals surface area contributed by atoms with Crippen molar-refractivity contribution in [1.29, 1.82) is 0 Å². The molecule has 1 N–H and O–H groups in total. The van der Waals surface area contributed by atoms with E-state index in [9.17, 15) is 4.79 Å². The molecule has 2 heterocycles. The quantitative estimate of drug-likeness (QED) is 0.842. The molecule has 0 unspecified atom stereocenters. The number of hydrogen-bond donors (Lipinski definition) is 1. The molecule has 0 aliphatic heterocycles. The van der Waals surface area contributed by atoms with Gasteiger partial charge in [-0.15, -0.1) is 10.2 Å². The SMILES string of the molecule is CCCc1nnc(NC(=O)C=Cc2ccco2)s1. The molecule has 2 aromatic heterocycles. The molecule has 18 heavy (non-hydrogen) atoms. The molecule has 0 saturated heterocycles. The van der Waals surface area contributed by atoms with Gasteiger partial charge in [0.15, 0.2) is 0 Å². The average Bonchev–Trinajstić information content (AvgIpc) is 2.99. The summed E-state index contributed by atoms with van der Waals surface area (Å²) in [5, 5.41) is 12.0. The summed E-state index contributed by atoms with van der Waals surface area (Å²) >= 11 is 1.40. The van der Waals surface area contributed by atoms with Gasteiger partial charge in [0.25, 0.3) is 0 Å². The van der Waals surface area contributed by atoms with Gasteiger partial charge in [-0.1, -0.05) is 18.3 Å². The van der Waals surface area contributed by atoms with Gasteiger partial charge in [0.1, 0.15) is 10.8 Å². The summed E-state index contributed by atoms with van der Waals surface area (Å²) in [6, 6.07) is 3.54. The molecule has 5 nitrogen and oxygen atoms in total. The standard InChI is InChI=1S/C12H13N3O2S/c1-2-4-11-14-15-12(18-11)13-10(16)7-6-9-5-3-8-17-9/h3,5-8H,2,4H2,1H3,(H,13,15,16). The summed E-state index contributed by atoms with van der Waals surface area (Å²) in [7, 11) is 0. The highest BCUT2D eigenvalue weighted by Gasteiger charge is 2.05. The van der Waals surface area contributed by atoms with Crippen LogP contribution in [0.4, 0.5) is 5.13 Å². The molecule has 2 aromatic rings. The Morgan fingerprint density at radius 3 is 3.17 bits per heavy atom.